The second kappa shape index (κ2) is 8.34. The van der Waals surface area contributed by atoms with Gasteiger partial charge in [0.25, 0.3) is 5.91 Å². The second-order valence-electron chi connectivity index (χ2n) is 6.70. The van der Waals surface area contributed by atoms with Crippen molar-refractivity contribution in [1.82, 2.24) is 9.88 Å². The number of nitrogens with zero attached hydrogens (tertiary/aromatic N) is 1. The molecule has 3 N–H and O–H groups in total. The summed E-state index contributed by atoms with van der Waals surface area (Å²) < 4.78 is 16.3. The lowest BCUT2D eigenvalue weighted by Gasteiger charge is -2.13. The lowest BCUT2D eigenvalue weighted by atomic mass is 9.97. The van der Waals surface area contributed by atoms with Gasteiger partial charge in [-0.05, 0) is 49.7 Å². The minimum absolute atomic E-state index is 0.0958. The van der Waals surface area contributed by atoms with Gasteiger partial charge in [0.15, 0.2) is 11.6 Å². The molecule has 1 heterocycles. The molecule has 0 saturated carbocycles. The predicted molar refractivity (Wildman–Crippen MR) is 111 cm³/mol. The fourth-order valence-corrected chi connectivity index (χ4v) is 3.71. The molecule has 0 aliphatic heterocycles. The van der Waals surface area contributed by atoms with Crippen LogP contribution in [-0.4, -0.2) is 39.7 Å². The SMILES string of the molecule is Cc1c(C(C)C(=O)NCCO)c2cc(O)c(F)cc2n1C(=O)c1ccc(Br)cc1. The predicted octanol–water partition coefficient (Wildman–Crippen LogP) is 3.46. The summed E-state index contributed by atoms with van der Waals surface area (Å²) in [5.41, 5.74) is 1.65. The van der Waals surface area contributed by atoms with Crippen LogP contribution in [0.1, 0.15) is 34.5 Å². The number of carbonyl (C=O) groups excluding carboxylic acids is 2. The molecule has 0 fully saturated rings. The monoisotopic (exact) mass is 462 g/mol. The second-order valence-corrected chi connectivity index (χ2v) is 7.62. The molecular formula is C21H20BrFN2O4. The Balaban J connectivity index is 2.21. The smallest absolute Gasteiger partial charge is 0.262 e. The van der Waals surface area contributed by atoms with Crippen LogP contribution in [0.15, 0.2) is 40.9 Å². The van der Waals surface area contributed by atoms with Crippen molar-refractivity contribution in [3.63, 3.8) is 0 Å². The van der Waals surface area contributed by atoms with E-state index in [1.165, 1.54) is 10.6 Å². The molecule has 8 heteroatoms. The number of phenols is 1. The van der Waals surface area contributed by atoms with E-state index in [0.717, 1.165) is 10.5 Å². The van der Waals surface area contributed by atoms with E-state index in [9.17, 15) is 19.1 Å². The number of phenolic OH excluding ortho intramolecular Hbond substituents is 1. The van der Waals surface area contributed by atoms with Gasteiger partial charge in [-0.2, -0.15) is 0 Å². The fourth-order valence-electron chi connectivity index (χ4n) is 3.44. The largest absolute Gasteiger partial charge is 0.505 e. The number of amides is 1. The third kappa shape index (κ3) is 3.90. The molecule has 1 aromatic heterocycles. The lowest BCUT2D eigenvalue weighted by Crippen LogP contribution is -2.30. The summed E-state index contributed by atoms with van der Waals surface area (Å²) in [6, 6.07) is 9.07. The molecule has 6 nitrogen and oxygen atoms in total. The normalized spacial score (nSPS) is 12.2. The van der Waals surface area contributed by atoms with Crippen LogP contribution in [-0.2, 0) is 4.79 Å². The Labute approximate surface area is 175 Å². The molecule has 3 rings (SSSR count). The van der Waals surface area contributed by atoms with Crippen molar-refractivity contribution in [3.8, 4) is 5.75 Å². The number of rotatable bonds is 5. The van der Waals surface area contributed by atoms with Crippen LogP contribution in [0.5, 0.6) is 5.75 Å². The Bertz CT molecular complexity index is 1090. The molecule has 1 atom stereocenters. The molecule has 3 aromatic rings. The maximum absolute atomic E-state index is 14.1. The van der Waals surface area contributed by atoms with Crippen LogP contribution in [0.4, 0.5) is 4.39 Å². The average Bonchev–Trinajstić information content (AvgIpc) is 2.96. The zero-order valence-electron chi connectivity index (χ0n) is 15.9. The molecular weight excluding hydrogens is 443 g/mol. The Morgan fingerprint density at radius 3 is 2.52 bits per heavy atom. The standard InChI is InChI=1S/C21H20BrFN2O4/c1-11(20(28)24-7-8-26)19-12(2)25(17-10-16(23)18(27)9-15(17)19)21(29)13-3-5-14(22)6-4-13/h3-6,9-11,26-27H,7-8H2,1-2H3,(H,24,28). The summed E-state index contributed by atoms with van der Waals surface area (Å²) in [5.74, 6) is -2.83. The van der Waals surface area contributed by atoms with Crippen LogP contribution in [0.2, 0.25) is 0 Å². The number of halogens is 2. The third-order valence-electron chi connectivity index (χ3n) is 4.85. The summed E-state index contributed by atoms with van der Waals surface area (Å²) in [4.78, 5) is 25.7. The zero-order valence-corrected chi connectivity index (χ0v) is 17.5. The van der Waals surface area contributed by atoms with Crippen molar-refractivity contribution in [3.05, 3.63) is 63.5 Å². The van der Waals surface area contributed by atoms with Gasteiger partial charge < -0.3 is 15.5 Å². The Hall–Kier alpha value is -2.71. The summed E-state index contributed by atoms with van der Waals surface area (Å²) in [5, 5.41) is 21.8. The van der Waals surface area contributed by atoms with Gasteiger partial charge in [-0.25, -0.2) is 4.39 Å². The highest BCUT2D eigenvalue weighted by Gasteiger charge is 2.27. The van der Waals surface area contributed by atoms with E-state index in [-0.39, 0.29) is 30.5 Å². The van der Waals surface area contributed by atoms with E-state index < -0.39 is 17.5 Å². The maximum atomic E-state index is 14.1. The highest BCUT2D eigenvalue weighted by Crippen LogP contribution is 2.36. The first-order chi connectivity index (χ1) is 13.8. The summed E-state index contributed by atoms with van der Waals surface area (Å²) in [6.07, 6.45) is 0. The van der Waals surface area contributed by atoms with Crippen LogP contribution in [0.25, 0.3) is 10.9 Å². The van der Waals surface area contributed by atoms with E-state index in [0.29, 0.717) is 22.2 Å². The molecule has 0 aliphatic rings. The number of aromatic hydroxyl groups is 1. The molecule has 1 amide bonds. The number of fused-ring (bicyclic) bond motifs is 1. The Kier molecular flexibility index (Phi) is 6.04. The van der Waals surface area contributed by atoms with Gasteiger partial charge in [-0.15, -0.1) is 0 Å². The first-order valence-corrected chi connectivity index (χ1v) is 9.77. The van der Waals surface area contributed by atoms with Gasteiger partial charge in [0.1, 0.15) is 0 Å². The van der Waals surface area contributed by atoms with Crippen molar-refractivity contribution in [2.45, 2.75) is 19.8 Å². The zero-order chi connectivity index (χ0) is 21.3. The Morgan fingerprint density at radius 2 is 1.90 bits per heavy atom. The topological polar surface area (TPSA) is 91.6 Å². The van der Waals surface area contributed by atoms with Gasteiger partial charge in [0.05, 0.1) is 18.0 Å². The van der Waals surface area contributed by atoms with Crippen molar-refractivity contribution >= 4 is 38.6 Å². The molecule has 0 saturated heterocycles. The summed E-state index contributed by atoms with van der Waals surface area (Å²) >= 11 is 3.32. The van der Waals surface area contributed by atoms with Gasteiger partial charge in [-0.1, -0.05) is 15.9 Å². The minimum atomic E-state index is -0.858. The van der Waals surface area contributed by atoms with Crippen molar-refractivity contribution in [2.24, 2.45) is 0 Å². The van der Waals surface area contributed by atoms with Crippen LogP contribution < -0.4 is 5.32 Å². The van der Waals surface area contributed by atoms with Gasteiger partial charge in [0.2, 0.25) is 5.91 Å². The van der Waals surface area contributed by atoms with E-state index >= 15 is 0 Å². The van der Waals surface area contributed by atoms with Gasteiger partial charge in [0, 0.05) is 33.7 Å². The molecule has 0 radical (unpaired) electrons. The third-order valence-corrected chi connectivity index (χ3v) is 5.38. The van der Waals surface area contributed by atoms with Gasteiger partial charge in [-0.3, -0.25) is 14.2 Å². The fraction of sp³-hybridized carbons (Fsp3) is 0.238. The van der Waals surface area contributed by atoms with E-state index in [1.807, 2.05) is 0 Å². The molecule has 152 valence electrons. The van der Waals surface area contributed by atoms with E-state index in [1.54, 1.807) is 38.1 Å². The minimum Gasteiger partial charge on any atom is -0.505 e. The number of benzene rings is 2. The lowest BCUT2D eigenvalue weighted by molar-refractivity contribution is -0.122. The number of aromatic nitrogens is 1. The van der Waals surface area contributed by atoms with Crippen molar-refractivity contribution < 1.29 is 24.2 Å². The molecule has 29 heavy (non-hydrogen) atoms. The number of carbonyl (C=O) groups is 2. The van der Waals surface area contributed by atoms with Crippen molar-refractivity contribution in [1.29, 1.82) is 0 Å². The maximum Gasteiger partial charge on any atom is 0.262 e. The molecule has 0 bridgehead atoms. The van der Waals surface area contributed by atoms with Gasteiger partial charge >= 0.3 is 0 Å². The summed E-state index contributed by atoms with van der Waals surface area (Å²) in [6.45, 7) is 3.23. The Morgan fingerprint density at radius 1 is 1.24 bits per heavy atom. The quantitative estimate of drug-likeness (QED) is 0.541. The molecule has 1 unspecified atom stereocenters. The molecule has 0 spiro atoms. The number of hydrogen-bond donors (Lipinski definition) is 3. The number of aliphatic hydroxyl groups excluding tert-OH is 1. The number of nitrogens with one attached hydrogen (secondary N) is 1. The molecule has 0 aliphatic carbocycles. The molecule has 2 aromatic carbocycles. The van der Waals surface area contributed by atoms with E-state index in [2.05, 4.69) is 21.2 Å². The number of hydrogen-bond acceptors (Lipinski definition) is 4. The first kappa shape index (κ1) is 21.0. The average molecular weight is 463 g/mol. The highest BCUT2D eigenvalue weighted by molar-refractivity contribution is 9.10. The van der Waals surface area contributed by atoms with Crippen molar-refractivity contribution in [2.75, 3.05) is 13.2 Å². The van der Waals surface area contributed by atoms with E-state index in [4.69, 9.17) is 5.11 Å². The van der Waals surface area contributed by atoms with Crippen LogP contribution >= 0.6 is 15.9 Å². The summed E-state index contributed by atoms with van der Waals surface area (Å²) in [7, 11) is 0. The number of aliphatic hydroxyl groups is 1. The highest BCUT2D eigenvalue weighted by atomic mass is 79.9. The van der Waals surface area contributed by atoms with Crippen LogP contribution in [0, 0.1) is 12.7 Å². The first-order valence-electron chi connectivity index (χ1n) is 8.98. The van der Waals surface area contributed by atoms with Crippen LogP contribution in [0.3, 0.4) is 0 Å².